The number of phenols is 1. The minimum absolute atomic E-state index is 0.0976. The number of benzene rings is 2. The number of aromatic hydroxyl groups is 1. The van der Waals surface area contributed by atoms with Crippen molar-refractivity contribution in [3.63, 3.8) is 0 Å². The van der Waals surface area contributed by atoms with E-state index < -0.39 is 17.1 Å². The Labute approximate surface area is 138 Å². The van der Waals surface area contributed by atoms with Crippen molar-refractivity contribution in [2.24, 2.45) is 5.41 Å². The Morgan fingerprint density at radius 1 is 0.875 bits per heavy atom. The number of amides is 2. The van der Waals surface area contributed by atoms with E-state index in [0.717, 1.165) is 6.42 Å². The molecule has 0 spiro atoms. The Morgan fingerprint density at radius 2 is 1.33 bits per heavy atom. The van der Waals surface area contributed by atoms with Crippen molar-refractivity contribution in [3.05, 3.63) is 54.3 Å². The van der Waals surface area contributed by atoms with E-state index in [9.17, 15) is 19.1 Å². The van der Waals surface area contributed by atoms with E-state index in [1.807, 2.05) is 0 Å². The minimum atomic E-state index is -1.12. The summed E-state index contributed by atoms with van der Waals surface area (Å²) in [6.45, 7) is 0. The van der Waals surface area contributed by atoms with Crippen LogP contribution in [0, 0.1) is 11.2 Å². The third-order valence-electron chi connectivity index (χ3n) is 4.30. The summed E-state index contributed by atoms with van der Waals surface area (Å²) in [5.41, 5.74) is -0.157. The number of hydrogen-bond acceptors (Lipinski definition) is 3. The second-order valence-electron chi connectivity index (χ2n) is 5.90. The van der Waals surface area contributed by atoms with Gasteiger partial charge in [-0.1, -0.05) is 6.42 Å². The number of hydrogen-bond donors (Lipinski definition) is 3. The van der Waals surface area contributed by atoms with E-state index in [4.69, 9.17) is 0 Å². The van der Waals surface area contributed by atoms with Gasteiger partial charge in [0.05, 0.1) is 0 Å². The van der Waals surface area contributed by atoms with Crippen LogP contribution < -0.4 is 10.6 Å². The summed E-state index contributed by atoms with van der Waals surface area (Å²) in [7, 11) is 0. The zero-order valence-electron chi connectivity index (χ0n) is 12.9. The van der Waals surface area contributed by atoms with Crippen molar-refractivity contribution in [3.8, 4) is 5.75 Å². The molecule has 1 aliphatic carbocycles. The summed E-state index contributed by atoms with van der Waals surface area (Å²) >= 11 is 0. The number of halogens is 1. The third kappa shape index (κ3) is 3.08. The van der Waals surface area contributed by atoms with Gasteiger partial charge in [0.1, 0.15) is 17.0 Å². The monoisotopic (exact) mass is 328 g/mol. The molecule has 0 bridgehead atoms. The van der Waals surface area contributed by atoms with Gasteiger partial charge in [-0.2, -0.15) is 0 Å². The van der Waals surface area contributed by atoms with E-state index in [-0.39, 0.29) is 11.7 Å². The molecular formula is C18H17FN2O3. The molecule has 0 heterocycles. The maximum atomic E-state index is 12.9. The van der Waals surface area contributed by atoms with Gasteiger partial charge >= 0.3 is 0 Å². The van der Waals surface area contributed by atoms with E-state index in [2.05, 4.69) is 10.6 Å². The molecule has 2 aromatic rings. The van der Waals surface area contributed by atoms with Crippen LogP contribution in [0.4, 0.5) is 15.8 Å². The quantitative estimate of drug-likeness (QED) is 0.595. The standard InChI is InChI=1S/C18H17FN2O3/c19-12-2-4-13(5-3-12)20-16(23)18(10-1-11-18)17(24)21-14-6-8-15(22)9-7-14/h2-9,22H,1,10-11H2,(H,20,23)(H,21,24). The lowest BCUT2D eigenvalue weighted by molar-refractivity contribution is -0.142. The van der Waals surface area contributed by atoms with Crippen LogP contribution >= 0.6 is 0 Å². The molecule has 0 saturated heterocycles. The van der Waals surface area contributed by atoms with Crippen LogP contribution in [0.25, 0.3) is 0 Å². The number of phenolic OH excluding ortho intramolecular Hbond substituents is 1. The van der Waals surface area contributed by atoms with E-state index in [1.54, 1.807) is 12.1 Å². The highest BCUT2D eigenvalue weighted by molar-refractivity contribution is 6.15. The van der Waals surface area contributed by atoms with Gasteiger partial charge < -0.3 is 15.7 Å². The predicted molar refractivity (Wildman–Crippen MR) is 88.1 cm³/mol. The molecule has 0 radical (unpaired) electrons. The van der Waals surface area contributed by atoms with Crippen molar-refractivity contribution in [1.82, 2.24) is 0 Å². The smallest absolute Gasteiger partial charge is 0.240 e. The molecule has 2 amide bonds. The van der Waals surface area contributed by atoms with Gasteiger partial charge in [0.15, 0.2) is 0 Å². The van der Waals surface area contributed by atoms with E-state index in [1.165, 1.54) is 36.4 Å². The molecule has 0 aromatic heterocycles. The Kier molecular flexibility index (Phi) is 4.20. The SMILES string of the molecule is O=C(Nc1ccc(O)cc1)C1(C(=O)Nc2ccc(F)cc2)CCC1. The number of nitrogens with one attached hydrogen (secondary N) is 2. The summed E-state index contributed by atoms with van der Waals surface area (Å²) in [4.78, 5) is 25.2. The van der Waals surface area contributed by atoms with Gasteiger partial charge in [0.25, 0.3) is 0 Å². The van der Waals surface area contributed by atoms with Crippen molar-refractivity contribution < 1.29 is 19.1 Å². The first-order valence-electron chi connectivity index (χ1n) is 7.67. The van der Waals surface area contributed by atoms with Crippen molar-refractivity contribution >= 4 is 23.2 Å². The molecule has 1 aliphatic rings. The lowest BCUT2D eigenvalue weighted by Gasteiger charge is -2.38. The molecule has 3 N–H and O–H groups in total. The molecule has 0 atom stereocenters. The largest absolute Gasteiger partial charge is 0.508 e. The van der Waals surface area contributed by atoms with Gasteiger partial charge in [0.2, 0.25) is 11.8 Å². The van der Waals surface area contributed by atoms with Gasteiger partial charge in [-0.05, 0) is 61.4 Å². The first-order chi connectivity index (χ1) is 11.5. The average Bonchev–Trinajstić information content (AvgIpc) is 2.51. The maximum absolute atomic E-state index is 12.9. The molecule has 124 valence electrons. The summed E-state index contributed by atoms with van der Waals surface area (Å²) in [6, 6.07) is 11.5. The summed E-state index contributed by atoms with van der Waals surface area (Å²) < 4.78 is 12.9. The average molecular weight is 328 g/mol. The molecule has 2 aromatic carbocycles. The highest BCUT2D eigenvalue weighted by Crippen LogP contribution is 2.43. The summed E-state index contributed by atoms with van der Waals surface area (Å²) in [5, 5.41) is 14.7. The fraction of sp³-hybridized carbons (Fsp3) is 0.222. The number of anilines is 2. The normalized spacial score (nSPS) is 15.2. The molecule has 0 aliphatic heterocycles. The van der Waals surface area contributed by atoms with Crippen LogP contribution in [0.3, 0.4) is 0 Å². The molecule has 5 nitrogen and oxygen atoms in total. The lowest BCUT2D eigenvalue weighted by atomic mass is 9.67. The molecule has 1 saturated carbocycles. The number of carbonyl (C=O) groups excluding carboxylic acids is 2. The fourth-order valence-corrected chi connectivity index (χ4v) is 2.67. The number of carbonyl (C=O) groups is 2. The van der Waals surface area contributed by atoms with Gasteiger partial charge in [-0.3, -0.25) is 9.59 Å². The van der Waals surface area contributed by atoms with Crippen LogP contribution in [0.15, 0.2) is 48.5 Å². The van der Waals surface area contributed by atoms with Crippen LogP contribution in [-0.4, -0.2) is 16.9 Å². The van der Waals surface area contributed by atoms with Crippen LogP contribution in [-0.2, 0) is 9.59 Å². The molecule has 1 fully saturated rings. The van der Waals surface area contributed by atoms with Crippen LogP contribution in [0.1, 0.15) is 19.3 Å². The highest BCUT2D eigenvalue weighted by atomic mass is 19.1. The molecule has 0 unspecified atom stereocenters. The Morgan fingerprint density at radius 3 is 1.75 bits per heavy atom. The summed E-state index contributed by atoms with van der Waals surface area (Å²) in [6.07, 6.45) is 1.72. The van der Waals surface area contributed by atoms with Crippen LogP contribution in [0.5, 0.6) is 5.75 Å². The molecule has 24 heavy (non-hydrogen) atoms. The first kappa shape index (κ1) is 16.0. The van der Waals surface area contributed by atoms with Gasteiger partial charge in [-0.15, -0.1) is 0 Å². The van der Waals surface area contributed by atoms with E-state index >= 15 is 0 Å². The molecule has 6 heteroatoms. The zero-order valence-corrected chi connectivity index (χ0v) is 12.9. The van der Waals surface area contributed by atoms with Crippen LogP contribution in [0.2, 0.25) is 0 Å². The maximum Gasteiger partial charge on any atom is 0.240 e. The van der Waals surface area contributed by atoms with Gasteiger partial charge in [0, 0.05) is 11.4 Å². The zero-order chi connectivity index (χ0) is 17.2. The third-order valence-corrected chi connectivity index (χ3v) is 4.30. The van der Waals surface area contributed by atoms with Crippen molar-refractivity contribution in [2.45, 2.75) is 19.3 Å². The second kappa shape index (κ2) is 6.31. The summed E-state index contributed by atoms with van der Waals surface area (Å²) in [5.74, 6) is -1.06. The first-order valence-corrected chi connectivity index (χ1v) is 7.67. The number of rotatable bonds is 4. The minimum Gasteiger partial charge on any atom is -0.508 e. The Bertz CT molecular complexity index is 691. The molecular weight excluding hydrogens is 311 g/mol. The highest BCUT2D eigenvalue weighted by Gasteiger charge is 2.50. The predicted octanol–water partition coefficient (Wildman–Crippen LogP) is 3.28. The molecule has 3 rings (SSSR count). The second-order valence-corrected chi connectivity index (χ2v) is 5.90. The Balaban J connectivity index is 1.72. The Hall–Kier alpha value is -2.89. The topological polar surface area (TPSA) is 78.4 Å². The van der Waals surface area contributed by atoms with E-state index in [0.29, 0.717) is 24.2 Å². The van der Waals surface area contributed by atoms with Crippen molar-refractivity contribution in [1.29, 1.82) is 0 Å². The van der Waals surface area contributed by atoms with Gasteiger partial charge in [-0.25, -0.2) is 4.39 Å². The fourth-order valence-electron chi connectivity index (χ4n) is 2.67. The van der Waals surface area contributed by atoms with Crippen molar-refractivity contribution in [2.75, 3.05) is 10.6 Å². The lowest BCUT2D eigenvalue weighted by Crippen LogP contribution is -2.50.